The van der Waals surface area contributed by atoms with Crippen molar-refractivity contribution in [2.24, 2.45) is 0 Å². The minimum atomic E-state index is -4.78. The van der Waals surface area contributed by atoms with Crippen LogP contribution in [-0.2, 0) is 10.2 Å². The van der Waals surface area contributed by atoms with Crippen molar-refractivity contribution in [3.8, 4) is 16.9 Å². The van der Waals surface area contributed by atoms with Crippen LogP contribution in [0.3, 0.4) is 0 Å². The van der Waals surface area contributed by atoms with Gasteiger partial charge in [-0.3, -0.25) is 4.79 Å². The highest BCUT2D eigenvalue weighted by molar-refractivity contribution is 5.99. The Labute approximate surface area is 163 Å². The molecule has 1 aliphatic rings. The van der Waals surface area contributed by atoms with E-state index in [1.165, 1.54) is 12.1 Å². The number of nitrogens with zero attached hydrogens (tertiary/aromatic N) is 1. The van der Waals surface area contributed by atoms with Crippen LogP contribution in [0.4, 0.5) is 18.9 Å². The molecule has 6 heteroatoms. The van der Waals surface area contributed by atoms with Gasteiger partial charge in [-0.2, -0.15) is 0 Å². The summed E-state index contributed by atoms with van der Waals surface area (Å²) >= 11 is 0. The molecular formula is C22H24F3NO2. The first-order valence-corrected chi connectivity index (χ1v) is 9.23. The maximum atomic E-state index is 12.9. The number of alkyl halides is 3. The predicted molar refractivity (Wildman–Crippen MR) is 104 cm³/mol. The van der Waals surface area contributed by atoms with Crippen LogP contribution in [0.2, 0.25) is 0 Å². The lowest BCUT2D eigenvalue weighted by Gasteiger charge is -2.41. The molecule has 0 bridgehead atoms. The Kier molecular flexibility index (Phi) is 4.94. The number of carbonyl (C=O) groups excluding carboxylic acids is 1. The monoisotopic (exact) mass is 391 g/mol. The van der Waals surface area contributed by atoms with Crippen molar-refractivity contribution < 1.29 is 22.7 Å². The number of benzene rings is 2. The van der Waals surface area contributed by atoms with E-state index in [0.717, 1.165) is 16.8 Å². The van der Waals surface area contributed by atoms with Crippen molar-refractivity contribution in [1.29, 1.82) is 0 Å². The van der Waals surface area contributed by atoms with E-state index in [1.54, 1.807) is 17.0 Å². The molecule has 28 heavy (non-hydrogen) atoms. The number of hydrogen-bond donors (Lipinski definition) is 0. The third kappa shape index (κ3) is 3.73. The van der Waals surface area contributed by atoms with Gasteiger partial charge in [-0.25, -0.2) is 0 Å². The Bertz CT molecular complexity index is 916. The summed E-state index contributed by atoms with van der Waals surface area (Å²) < 4.78 is 42.8. The molecule has 0 aromatic heterocycles. The number of amides is 1. The molecule has 3 rings (SSSR count). The van der Waals surface area contributed by atoms with E-state index in [4.69, 9.17) is 0 Å². The Morgan fingerprint density at radius 1 is 1.11 bits per heavy atom. The van der Waals surface area contributed by atoms with Crippen LogP contribution in [-0.4, -0.2) is 18.3 Å². The van der Waals surface area contributed by atoms with Crippen LogP contribution < -0.4 is 9.64 Å². The lowest BCUT2D eigenvalue weighted by molar-refractivity contribution is -0.274. The number of anilines is 1. The summed E-state index contributed by atoms with van der Waals surface area (Å²) in [7, 11) is 0. The highest BCUT2D eigenvalue weighted by Gasteiger charge is 2.38. The number of fused-ring (bicyclic) bond motifs is 1. The maximum Gasteiger partial charge on any atom is 0.573 e. The molecule has 3 nitrogen and oxygen atoms in total. The lowest BCUT2D eigenvalue weighted by Crippen LogP contribution is -2.45. The van der Waals surface area contributed by atoms with Gasteiger partial charge in [0.05, 0.1) is 0 Å². The summed E-state index contributed by atoms with van der Waals surface area (Å²) in [5.41, 5.74) is 3.23. The van der Waals surface area contributed by atoms with Crippen LogP contribution >= 0.6 is 0 Å². The Balaban J connectivity index is 2.23. The SMILES string of the molecule is Cc1cc2c(cc1-c1ccccc1OC(F)(F)F)N(C(C)C)C(=O)CC2(C)C. The van der Waals surface area contributed by atoms with Gasteiger partial charge in [-0.15, -0.1) is 13.2 Å². The molecule has 0 atom stereocenters. The topological polar surface area (TPSA) is 29.5 Å². The van der Waals surface area contributed by atoms with Crippen molar-refractivity contribution in [3.63, 3.8) is 0 Å². The molecule has 0 aliphatic carbocycles. The molecule has 2 aromatic carbocycles. The zero-order valence-corrected chi connectivity index (χ0v) is 16.6. The smallest absolute Gasteiger partial charge is 0.405 e. The number of para-hydroxylation sites is 1. The van der Waals surface area contributed by atoms with Crippen molar-refractivity contribution in [1.82, 2.24) is 0 Å². The molecule has 0 fully saturated rings. The number of aryl methyl sites for hydroxylation is 1. The van der Waals surface area contributed by atoms with Crippen LogP contribution in [0.5, 0.6) is 5.75 Å². The van der Waals surface area contributed by atoms with Crippen LogP contribution in [0, 0.1) is 6.92 Å². The fourth-order valence-electron chi connectivity index (χ4n) is 3.89. The normalized spacial score (nSPS) is 16.3. The number of carbonyl (C=O) groups is 1. The van der Waals surface area contributed by atoms with E-state index in [2.05, 4.69) is 4.74 Å². The molecule has 1 amide bonds. The zero-order valence-electron chi connectivity index (χ0n) is 16.6. The fraction of sp³-hybridized carbons (Fsp3) is 0.409. The van der Waals surface area contributed by atoms with E-state index >= 15 is 0 Å². The van der Waals surface area contributed by atoms with Gasteiger partial charge < -0.3 is 9.64 Å². The summed E-state index contributed by atoms with van der Waals surface area (Å²) in [6.45, 7) is 9.76. The van der Waals surface area contributed by atoms with Crippen molar-refractivity contribution in [2.45, 2.75) is 58.9 Å². The highest BCUT2D eigenvalue weighted by Crippen LogP contribution is 2.45. The molecule has 0 N–H and O–H groups in total. The van der Waals surface area contributed by atoms with E-state index < -0.39 is 6.36 Å². The van der Waals surface area contributed by atoms with E-state index in [-0.39, 0.29) is 23.1 Å². The summed E-state index contributed by atoms with van der Waals surface area (Å²) in [4.78, 5) is 14.5. The van der Waals surface area contributed by atoms with Crippen LogP contribution in [0.1, 0.15) is 45.2 Å². The molecule has 2 aromatic rings. The van der Waals surface area contributed by atoms with Crippen LogP contribution in [0.25, 0.3) is 11.1 Å². The van der Waals surface area contributed by atoms with Gasteiger partial charge in [0.15, 0.2) is 0 Å². The minimum Gasteiger partial charge on any atom is -0.405 e. The second-order valence-electron chi connectivity index (χ2n) is 8.15. The summed E-state index contributed by atoms with van der Waals surface area (Å²) in [6, 6.07) is 9.83. The number of hydrogen-bond acceptors (Lipinski definition) is 2. The Morgan fingerprint density at radius 2 is 1.75 bits per heavy atom. The van der Waals surface area contributed by atoms with Crippen molar-refractivity contribution in [3.05, 3.63) is 47.5 Å². The summed E-state index contributed by atoms with van der Waals surface area (Å²) in [5, 5.41) is 0. The van der Waals surface area contributed by atoms with Crippen LogP contribution in [0.15, 0.2) is 36.4 Å². The van der Waals surface area contributed by atoms with Crippen molar-refractivity contribution in [2.75, 3.05) is 4.90 Å². The van der Waals surface area contributed by atoms with E-state index in [9.17, 15) is 18.0 Å². The summed E-state index contributed by atoms with van der Waals surface area (Å²) in [5.74, 6) is -0.238. The van der Waals surface area contributed by atoms with E-state index in [1.807, 2.05) is 46.8 Å². The third-order valence-corrected chi connectivity index (χ3v) is 5.11. The zero-order chi connectivity index (χ0) is 20.9. The van der Waals surface area contributed by atoms with Gasteiger partial charge in [0.25, 0.3) is 0 Å². The van der Waals surface area contributed by atoms with Gasteiger partial charge >= 0.3 is 6.36 Å². The predicted octanol–water partition coefficient (Wildman–Crippen LogP) is 5.98. The molecule has 150 valence electrons. The Hall–Kier alpha value is -2.50. The van der Waals surface area contributed by atoms with Gasteiger partial charge in [0.2, 0.25) is 5.91 Å². The number of rotatable bonds is 3. The molecule has 0 spiro atoms. The van der Waals surface area contributed by atoms with E-state index in [0.29, 0.717) is 17.5 Å². The standard InChI is InChI=1S/C22H24F3NO2/c1-13(2)26-18-11-16(14(3)10-17(18)21(4,5)12-20(26)27)15-8-6-7-9-19(15)28-22(23,24)25/h6-11,13H,12H2,1-5H3. The molecule has 0 saturated heterocycles. The molecular weight excluding hydrogens is 367 g/mol. The molecule has 1 aliphatic heterocycles. The first-order chi connectivity index (χ1) is 12.9. The van der Waals surface area contributed by atoms with Crippen molar-refractivity contribution >= 4 is 11.6 Å². The second kappa shape index (κ2) is 6.83. The summed E-state index contributed by atoms with van der Waals surface area (Å²) in [6.07, 6.45) is -4.38. The first kappa shape index (κ1) is 20.2. The van der Waals surface area contributed by atoms with Gasteiger partial charge in [-0.1, -0.05) is 38.1 Å². The van der Waals surface area contributed by atoms with Gasteiger partial charge in [0, 0.05) is 29.1 Å². The third-order valence-electron chi connectivity index (χ3n) is 5.11. The molecule has 1 heterocycles. The minimum absolute atomic E-state index is 0.0159. The largest absolute Gasteiger partial charge is 0.573 e. The maximum absolute atomic E-state index is 12.9. The number of halogens is 3. The molecule has 0 saturated carbocycles. The highest BCUT2D eigenvalue weighted by atomic mass is 19.4. The average Bonchev–Trinajstić information content (AvgIpc) is 2.53. The fourth-order valence-corrected chi connectivity index (χ4v) is 3.89. The quantitative estimate of drug-likeness (QED) is 0.644. The lowest BCUT2D eigenvalue weighted by atomic mass is 9.75. The Morgan fingerprint density at radius 3 is 2.36 bits per heavy atom. The van der Waals surface area contributed by atoms with Gasteiger partial charge in [0.1, 0.15) is 5.75 Å². The molecule has 0 unspecified atom stereocenters. The van der Waals surface area contributed by atoms with Gasteiger partial charge in [-0.05, 0) is 49.6 Å². The second-order valence-corrected chi connectivity index (χ2v) is 8.15. The average molecular weight is 391 g/mol. The molecule has 0 radical (unpaired) electrons. The number of ether oxygens (including phenoxy) is 1. The first-order valence-electron chi connectivity index (χ1n) is 9.23.